The Morgan fingerprint density at radius 3 is 2.75 bits per heavy atom. The van der Waals surface area contributed by atoms with Crippen molar-refractivity contribution in [3.8, 4) is 0 Å². The second-order valence-electron chi connectivity index (χ2n) is 6.82. The van der Waals surface area contributed by atoms with Crippen molar-refractivity contribution in [1.29, 1.82) is 0 Å². The zero-order chi connectivity index (χ0) is 14.6. The van der Waals surface area contributed by atoms with Gasteiger partial charge in [0.1, 0.15) is 5.60 Å². The number of nitrogens with one attached hydrogen (secondary N) is 1. The first kappa shape index (κ1) is 15.6. The van der Waals surface area contributed by atoms with Crippen molar-refractivity contribution in [3.05, 3.63) is 0 Å². The quantitative estimate of drug-likeness (QED) is 0.844. The summed E-state index contributed by atoms with van der Waals surface area (Å²) in [6, 6.07) is 0.923. The van der Waals surface area contributed by atoms with E-state index in [9.17, 15) is 4.79 Å². The van der Waals surface area contributed by atoms with Crippen molar-refractivity contribution < 1.29 is 14.3 Å². The molecule has 2 unspecified atom stereocenters. The van der Waals surface area contributed by atoms with Crippen LogP contribution in [0.1, 0.15) is 46.5 Å². The Morgan fingerprint density at radius 2 is 2.00 bits per heavy atom. The minimum Gasteiger partial charge on any atom is -0.444 e. The van der Waals surface area contributed by atoms with Crippen LogP contribution < -0.4 is 5.32 Å². The van der Waals surface area contributed by atoms with Crippen LogP contribution in [0.25, 0.3) is 0 Å². The molecule has 0 saturated carbocycles. The molecule has 2 rings (SSSR count). The maximum Gasteiger partial charge on any atom is 0.410 e. The molecule has 2 fully saturated rings. The number of amides is 1. The van der Waals surface area contributed by atoms with E-state index in [1.165, 1.54) is 6.42 Å². The Balaban J connectivity index is 1.75. The van der Waals surface area contributed by atoms with Crippen molar-refractivity contribution >= 4 is 6.09 Å². The van der Waals surface area contributed by atoms with Gasteiger partial charge in [0.15, 0.2) is 0 Å². The van der Waals surface area contributed by atoms with Crippen LogP contribution >= 0.6 is 0 Å². The number of hydrogen-bond acceptors (Lipinski definition) is 4. The van der Waals surface area contributed by atoms with Gasteiger partial charge in [0.2, 0.25) is 0 Å². The molecule has 0 spiro atoms. The highest BCUT2D eigenvalue weighted by atomic mass is 16.6. The number of likely N-dealkylation sites (tertiary alicyclic amines) is 1. The van der Waals surface area contributed by atoms with Gasteiger partial charge in [-0.15, -0.1) is 0 Å². The van der Waals surface area contributed by atoms with E-state index in [0.717, 1.165) is 45.6 Å². The predicted octanol–water partition coefficient (Wildman–Crippen LogP) is 2.15. The van der Waals surface area contributed by atoms with Gasteiger partial charge >= 0.3 is 6.09 Å². The van der Waals surface area contributed by atoms with E-state index in [-0.39, 0.29) is 6.09 Å². The molecule has 0 radical (unpaired) electrons. The minimum absolute atomic E-state index is 0.189. The molecule has 5 nitrogen and oxygen atoms in total. The number of carbonyl (C=O) groups excluding carboxylic acids is 1. The van der Waals surface area contributed by atoms with Gasteiger partial charge in [0.25, 0.3) is 0 Å². The lowest BCUT2D eigenvalue weighted by molar-refractivity contribution is 0.0290. The molecule has 2 aliphatic rings. The third-order valence-corrected chi connectivity index (χ3v) is 3.76. The van der Waals surface area contributed by atoms with Gasteiger partial charge in [-0.3, -0.25) is 0 Å². The van der Waals surface area contributed by atoms with E-state index in [0.29, 0.717) is 12.1 Å². The van der Waals surface area contributed by atoms with E-state index in [1.807, 2.05) is 25.7 Å². The van der Waals surface area contributed by atoms with Crippen LogP contribution in [0.5, 0.6) is 0 Å². The van der Waals surface area contributed by atoms with Gasteiger partial charge in [-0.1, -0.05) is 0 Å². The van der Waals surface area contributed by atoms with Crippen LogP contribution in [0, 0.1) is 0 Å². The molecule has 2 atom stereocenters. The summed E-state index contributed by atoms with van der Waals surface area (Å²) in [6.45, 7) is 8.99. The fraction of sp³-hybridized carbons (Fsp3) is 0.933. The Bertz CT molecular complexity index is 320. The van der Waals surface area contributed by atoms with Crippen molar-refractivity contribution in [1.82, 2.24) is 10.2 Å². The zero-order valence-electron chi connectivity index (χ0n) is 13.0. The Hall–Kier alpha value is -0.810. The minimum atomic E-state index is -0.415. The van der Waals surface area contributed by atoms with E-state index in [2.05, 4.69) is 5.32 Å². The van der Waals surface area contributed by atoms with Crippen LogP contribution in [-0.2, 0) is 9.47 Å². The average Bonchev–Trinajstić information content (AvgIpc) is 2.64. The fourth-order valence-electron chi connectivity index (χ4n) is 2.79. The highest BCUT2D eigenvalue weighted by molar-refractivity contribution is 5.68. The molecular formula is C15H28N2O3. The van der Waals surface area contributed by atoms with Gasteiger partial charge in [-0.2, -0.15) is 0 Å². The molecule has 0 aromatic heterocycles. The second-order valence-corrected chi connectivity index (χ2v) is 6.82. The van der Waals surface area contributed by atoms with Gasteiger partial charge in [-0.05, 0) is 46.5 Å². The summed E-state index contributed by atoms with van der Waals surface area (Å²) >= 11 is 0. The van der Waals surface area contributed by atoms with Crippen LogP contribution in [0.2, 0.25) is 0 Å². The topological polar surface area (TPSA) is 50.8 Å². The molecule has 0 aromatic rings. The lowest BCUT2D eigenvalue weighted by atomic mass is 10.1. The third kappa shape index (κ3) is 4.94. The predicted molar refractivity (Wildman–Crippen MR) is 77.8 cm³/mol. The first-order chi connectivity index (χ1) is 9.44. The fourth-order valence-corrected chi connectivity index (χ4v) is 2.79. The van der Waals surface area contributed by atoms with Gasteiger partial charge < -0.3 is 19.7 Å². The summed E-state index contributed by atoms with van der Waals surface area (Å²) in [5.74, 6) is 0. The molecule has 0 aliphatic carbocycles. The molecule has 0 aromatic carbocycles. The highest BCUT2D eigenvalue weighted by Gasteiger charge is 2.30. The number of hydrogen-bond donors (Lipinski definition) is 1. The molecule has 1 amide bonds. The van der Waals surface area contributed by atoms with Gasteiger partial charge in [-0.25, -0.2) is 4.79 Å². The maximum atomic E-state index is 12.0. The molecular weight excluding hydrogens is 256 g/mol. The smallest absolute Gasteiger partial charge is 0.410 e. The second kappa shape index (κ2) is 6.76. The molecule has 1 N–H and O–H groups in total. The summed E-state index contributed by atoms with van der Waals surface area (Å²) in [5, 5.41) is 3.68. The van der Waals surface area contributed by atoms with E-state index < -0.39 is 5.60 Å². The van der Waals surface area contributed by atoms with Gasteiger partial charge in [0.05, 0.1) is 0 Å². The summed E-state index contributed by atoms with van der Waals surface area (Å²) in [7, 11) is 0. The number of nitrogens with zero attached hydrogens (tertiary/aromatic N) is 1. The summed E-state index contributed by atoms with van der Waals surface area (Å²) in [5.41, 5.74) is -0.415. The first-order valence-electron chi connectivity index (χ1n) is 7.76. The molecule has 20 heavy (non-hydrogen) atoms. The number of rotatable bonds is 2. The molecule has 2 aliphatic heterocycles. The van der Waals surface area contributed by atoms with Crippen LogP contribution in [0.4, 0.5) is 4.79 Å². The largest absolute Gasteiger partial charge is 0.444 e. The summed E-state index contributed by atoms with van der Waals surface area (Å²) in [6.07, 6.45) is 4.19. The van der Waals surface area contributed by atoms with Crippen LogP contribution in [0.3, 0.4) is 0 Å². The van der Waals surface area contributed by atoms with E-state index in [1.54, 1.807) is 0 Å². The lowest BCUT2D eigenvalue weighted by Gasteiger charge is -2.25. The molecule has 0 bridgehead atoms. The maximum absolute atomic E-state index is 12.0. The van der Waals surface area contributed by atoms with Crippen molar-refractivity contribution in [2.45, 2.75) is 64.1 Å². The monoisotopic (exact) mass is 284 g/mol. The number of ether oxygens (including phenoxy) is 2. The molecule has 5 heteroatoms. The zero-order valence-corrected chi connectivity index (χ0v) is 13.0. The normalized spacial score (nSPS) is 28.2. The van der Waals surface area contributed by atoms with Crippen LogP contribution in [-0.4, -0.2) is 55.0 Å². The van der Waals surface area contributed by atoms with Crippen molar-refractivity contribution in [3.63, 3.8) is 0 Å². The average molecular weight is 284 g/mol. The SMILES string of the molecule is CC(C)(C)OC(=O)N1CCC(NC2CCCOCC2)C1. The van der Waals surface area contributed by atoms with E-state index in [4.69, 9.17) is 9.47 Å². The van der Waals surface area contributed by atoms with Crippen molar-refractivity contribution in [2.75, 3.05) is 26.3 Å². The third-order valence-electron chi connectivity index (χ3n) is 3.76. The van der Waals surface area contributed by atoms with E-state index >= 15 is 0 Å². The van der Waals surface area contributed by atoms with Crippen molar-refractivity contribution in [2.24, 2.45) is 0 Å². The molecule has 2 saturated heterocycles. The first-order valence-corrected chi connectivity index (χ1v) is 7.76. The molecule has 116 valence electrons. The number of carbonyl (C=O) groups is 1. The summed E-state index contributed by atoms with van der Waals surface area (Å²) < 4.78 is 10.9. The highest BCUT2D eigenvalue weighted by Crippen LogP contribution is 2.17. The van der Waals surface area contributed by atoms with Gasteiger partial charge in [0, 0.05) is 38.4 Å². The molecule has 2 heterocycles. The summed E-state index contributed by atoms with van der Waals surface area (Å²) in [4.78, 5) is 13.8. The Kier molecular flexibility index (Phi) is 5.27. The standard InChI is InChI=1S/C15H28N2O3/c1-15(2,3)20-14(18)17-8-6-13(11-17)16-12-5-4-9-19-10-7-12/h12-13,16H,4-11H2,1-3H3. The lowest BCUT2D eigenvalue weighted by Crippen LogP contribution is -2.42. The Morgan fingerprint density at radius 1 is 1.20 bits per heavy atom. The van der Waals surface area contributed by atoms with Crippen LogP contribution in [0.15, 0.2) is 0 Å². The Labute approximate surface area is 122 Å².